The lowest BCUT2D eigenvalue weighted by molar-refractivity contribution is -0.155. The van der Waals surface area contributed by atoms with Gasteiger partial charge in [-0.05, 0) is 70.4 Å². The number of hydrogen-bond donors (Lipinski definition) is 2. The van der Waals surface area contributed by atoms with Crippen LogP contribution in [0, 0.1) is 0 Å². The number of fused-ring (bicyclic) bond motifs is 2. The lowest BCUT2D eigenvalue weighted by Crippen LogP contribution is -2.43. The molecule has 3 unspecified atom stereocenters. The lowest BCUT2D eigenvalue weighted by atomic mass is 9.98. The van der Waals surface area contributed by atoms with E-state index in [1.165, 1.54) is 70.6 Å². The Kier molecular flexibility index (Phi) is 16.8. The second-order valence-electron chi connectivity index (χ2n) is 11.2. The largest absolute Gasteiger partial charge is 0.481 e. The second kappa shape index (κ2) is 19.8. The zero-order valence-corrected chi connectivity index (χ0v) is 24.4. The molecular weight excluding hydrogens is 490 g/mol. The number of rotatable bonds is 17. The van der Waals surface area contributed by atoms with Crippen molar-refractivity contribution in [3.63, 3.8) is 0 Å². The van der Waals surface area contributed by atoms with E-state index in [2.05, 4.69) is 31.0 Å². The van der Waals surface area contributed by atoms with Gasteiger partial charge in [-0.2, -0.15) is 0 Å². The van der Waals surface area contributed by atoms with Gasteiger partial charge in [0.05, 0.1) is 6.61 Å². The molecule has 0 amide bonds. The highest BCUT2D eigenvalue weighted by molar-refractivity contribution is 5.78. The van der Waals surface area contributed by atoms with Crippen LogP contribution >= 0.6 is 0 Å². The maximum Gasteiger partial charge on any atom is 0.316 e. The fourth-order valence-corrected chi connectivity index (χ4v) is 5.70. The van der Waals surface area contributed by atoms with Crippen molar-refractivity contribution >= 4 is 11.9 Å². The predicted octanol–water partition coefficient (Wildman–Crippen LogP) is 7.26. The number of aliphatic carboxylic acids is 1. The van der Waals surface area contributed by atoms with Crippen molar-refractivity contribution in [3.8, 4) is 0 Å². The first-order chi connectivity index (χ1) is 19.0. The van der Waals surface area contributed by atoms with Gasteiger partial charge in [0, 0.05) is 18.5 Å². The van der Waals surface area contributed by atoms with Gasteiger partial charge in [-0.15, -0.1) is 0 Å². The van der Waals surface area contributed by atoms with Crippen molar-refractivity contribution in [3.05, 3.63) is 48.0 Å². The molecule has 0 aromatic heterocycles. The molecule has 3 rings (SSSR count). The van der Waals surface area contributed by atoms with E-state index in [4.69, 9.17) is 9.84 Å². The number of esters is 1. The number of unbranched alkanes of at least 4 members (excludes halogenated alkanes) is 9. The Morgan fingerprint density at radius 3 is 2.05 bits per heavy atom. The van der Waals surface area contributed by atoms with Crippen LogP contribution in [-0.4, -0.2) is 58.9 Å². The van der Waals surface area contributed by atoms with Crippen LogP contribution in [0.25, 0.3) is 0 Å². The Morgan fingerprint density at radius 1 is 0.923 bits per heavy atom. The molecule has 1 aromatic carbocycles. The van der Waals surface area contributed by atoms with Gasteiger partial charge < -0.3 is 19.8 Å². The molecular formula is C33H53NO5. The van der Waals surface area contributed by atoms with E-state index < -0.39 is 11.9 Å². The van der Waals surface area contributed by atoms with Gasteiger partial charge in [0.2, 0.25) is 0 Å². The minimum absolute atomic E-state index is 0.00367. The zero-order valence-electron chi connectivity index (χ0n) is 24.4. The van der Waals surface area contributed by atoms with Crippen molar-refractivity contribution in [1.82, 2.24) is 4.90 Å². The third-order valence-corrected chi connectivity index (χ3v) is 8.16. The maximum absolute atomic E-state index is 12.4. The number of carbonyl (C=O) groups excluding carboxylic acids is 1. The number of carboxylic acid groups (broad SMARTS) is 1. The Labute approximate surface area is 236 Å². The normalized spacial score (nSPS) is 21.4. The molecule has 6 heteroatoms. The topological polar surface area (TPSA) is 87.1 Å². The number of ether oxygens (including phenoxy) is 1. The average Bonchev–Trinajstić information content (AvgIpc) is 3.12. The molecule has 2 N–H and O–H groups in total. The number of aliphatic hydroxyl groups is 1. The van der Waals surface area contributed by atoms with Crippen LogP contribution in [0.15, 0.2) is 42.5 Å². The van der Waals surface area contributed by atoms with E-state index in [1.54, 1.807) is 0 Å². The molecule has 2 fully saturated rings. The van der Waals surface area contributed by atoms with E-state index in [-0.39, 0.29) is 18.7 Å². The number of nitrogens with zero attached hydrogens (tertiary/aromatic N) is 1. The number of carbonyl (C=O) groups is 2. The molecule has 2 saturated heterocycles. The van der Waals surface area contributed by atoms with Gasteiger partial charge >= 0.3 is 11.9 Å². The summed E-state index contributed by atoms with van der Waals surface area (Å²) in [4.78, 5) is 25.1. The quantitative estimate of drug-likeness (QED) is 0.122. The van der Waals surface area contributed by atoms with E-state index in [0.717, 1.165) is 31.2 Å². The Morgan fingerprint density at radius 2 is 1.49 bits per heavy atom. The van der Waals surface area contributed by atoms with Crippen LogP contribution in [0.3, 0.4) is 0 Å². The molecule has 2 heterocycles. The Balaban J connectivity index is 0.000000278. The smallest absolute Gasteiger partial charge is 0.316 e. The van der Waals surface area contributed by atoms with E-state index in [9.17, 15) is 14.7 Å². The van der Waals surface area contributed by atoms with Gasteiger partial charge in [0.15, 0.2) is 0 Å². The number of benzene rings is 1. The third-order valence-electron chi connectivity index (χ3n) is 8.16. The van der Waals surface area contributed by atoms with Crippen LogP contribution in [0.5, 0.6) is 0 Å². The summed E-state index contributed by atoms with van der Waals surface area (Å²) in [5.41, 5.74) is 0.820. The van der Waals surface area contributed by atoms with Gasteiger partial charge in [0.25, 0.3) is 0 Å². The Hall–Kier alpha value is -2.18. The standard InChI is InChI=1S/C17H23NO3.C16H30O2/c1-18-13-7-8-14(18)10-15(9-13)21-17(20)16(11-19)12-5-3-2-4-6-12;1-2-3-4-5-6-7-8-9-10-11-12-13-14-15-16(17)18/h2-6,13-16,19H,7-11H2,1H3;7-8H,2-6,9-15H2,1H3,(H,17,18). The molecule has 0 radical (unpaired) electrons. The van der Waals surface area contributed by atoms with E-state index in [1.807, 2.05) is 30.3 Å². The van der Waals surface area contributed by atoms with Crippen molar-refractivity contribution < 1.29 is 24.5 Å². The van der Waals surface area contributed by atoms with Gasteiger partial charge in [-0.25, -0.2) is 0 Å². The summed E-state index contributed by atoms with van der Waals surface area (Å²) in [6.45, 7) is 2.04. The molecule has 39 heavy (non-hydrogen) atoms. The van der Waals surface area contributed by atoms with Crippen LogP contribution in [0.4, 0.5) is 0 Å². The van der Waals surface area contributed by atoms with Crippen molar-refractivity contribution in [2.24, 2.45) is 0 Å². The van der Waals surface area contributed by atoms with Crippen LogP contribution in [-0.2, 0) is 14.3 Å². The molecule has 220 valence electrons. The van der Waals surface area contributed by atoms with Crippen LogP contribution in [0.1, 0.15) is 121 Å². The van der Waals surface area contributed by atoms with E-state index >= 15 is 0 Å². The zero-order chi connectivity index (χ0) is 28.3. The summed E-state index contributed by atoms with van der Waals surface area (Å²) in [5, 5.41) is 18.0. The fourth-order valence-electron chi connectivity index (χ4n) is 5.70. The summed E-state index contributed by atoms with van der Waals surface area (Å²) in [6.07, 6.45) is 22.6. The van der Waals surface area contributed by atoms with E-state index in [0.29, 0.717) is 18.5 Å². The fraction of sp³-hybridized carbons (Fsp3) is 0.697. The molecule has 2 aliphatic heterocycles. The van der Waals surface area contributed by atoms with Gasteiger partial charge in [0.1, 0.15) is 12.0 Å². The molecule has 2 aliphatic rings. The number of carboxylic acids is 1. The number of piperidine rings is 1. The van der Waals surface area contributed by atoms with Crippen molar-refractivity contribution in [2.45, 2.75) is 134 Å². The highest BCUT2D eigenvalue weighted by Crippen LogP contribution is 2.36. The molecule has 0 spiro atoms. The average molecular weight is 544 g/mol. The molecule has 6 nitrogen and oxygen atoms in total. The first-order valence-corrected chi connectivity index (χ1v) is 15.4. The number of hydrogen-bond acceptors (Lipinski definition) is 5. The monoisotopic (exact) mass is 543 g/mol. The Bertz CT molecular complexity index is 813. The highest BCUT2D eigenvalue weighted by atomic mass is 16.5. The molecule has 1 aromatic rings. The summed E-state index contributed by atoms with van der Waals surface area (Å²) in [6, 6.07) is 10.5. The number of allylic oxidation sites excluding steroid dienone is 2. The summed E-state index contributed by atoms with van der Waals surface area (Å²) in [7, 11) is 2.17. The van der Waals surface area contributed by atoms with Crippen LogP contribution in [0.2, 0.25) is 0 Å². The SMILES string of the molecule is CCCCCCC=CCCCCCCCC(=O)O.CN1C2CCC1CC(OC(=O)C(CO)c1ccccc1)C2. The maximum atomic E-state index is 12.4. The third kappa shape index (κ3) is 13.1. The van der Waals surface area contributed by atoms with Crippen molar-refractivity contribution in [2.75, 3.05) is 13.7 Å². The first-order valence-electron chi connectivity index (χ1n) is 15.4. The lowest BCUT2D eigenvalue weighted by Gasteiger charge is -2.36. The van der Waals surface area contributed by atoms with Crippen LogP contribution < -0.4 is 0 Å². The summed E-state index contributed by atoms with van der Waals surface area (Å²) < 4.78 is 5.70. The minimum atomic E-state index is -0.666. The highest BCUT2D eigenvalue weighted by Gasteiger charge is 2.40. The molecule has 0 aliphatic carbocycles. The van der Waals surface area contributed by atoms with Crippen molar-refractivity contribution in [1.29, 1.82) is 0 Å². The predicted molar refractivity (Wildman–Crippen MR) is 158 cm³/mol. The minimum Gasteiger partial charge on any atom is -0.481 e. The molecule has 0 saturated carbocycles. The second-order valence-corrected chi connectivity index (χ2v) is 11.2. The van der Waals surface area contributed by atoms with Gasteiger partial charge in [-0.3, -0.25) is 9.59 Å². The summed E-state index contributed by atoms with van der Waals surface area (Å²) >= 11 is 0. The van der Waals surface area contributed by atoms with Gasteiger partial charge in [-0.1, -0.05) is 87.9 Å². The molecule has 3 atom stereocenters. The first kappa shape index (κ1) is 33.0. The molecule has 2 bridgehead atoms. The number of aliphatic hydroxyl groups excluding tert-OH is 1. The summed E-state index contributed by atoms with van der Waals surface area (Å²) in [5.74, 6) is -1.53.